The van der Waals surface area contributed by atoms with E-state index in [1.54, 1.807) is 24.3 Å². The predicted molar refractivity (Wildman–Crippen MR) is 110 cm³/mol. The number of rotatable bonds is 8. The smallest absolute Gasteiger partial charge is 0.289 e. The molecule has 0 fully saturated rings. The van der Waals surface area contributed by atoms with Gasteiger partial charge in [0.2, 0.25) is 0 Å². The van der Waals surface area contributed by atoms with Gasteiger partial charge in [-0.3, -0.25) is 9.89 Å². The van der Waals surface area contributed by atoms with Crippen LogP contribution in [0.3, 0.4) is 0 Å². The van der Waals surface area contributed by atoms with Crippen molar-refractivity contribution in [1.82, 2.24) is 15.6 Å². The normalized spacial score (nSPS) is 10.8. The Labute approximate surface area is 168 Å². The number of aromatic nitrogens is 2. The maximum absolute atomic E-state index is 12.3. The summed E-state index contributed by atoms with van der Waals surface area (Å²) in [7, 11) is 1.46. The SMILES string of the molecule is CCCOc1ccc(-c2cc(C(=O)N/N=C/c3cccc(OC)c3O)[nH]n2)cc1. The van der Waals surface area contributed by atoms with Gasteiger partial charge in [-0.25, -0.2) is 5.43 Å². The van der Waals surface area contributed by atoms with Crippen LogP contribution in [0.25, 0.3) is 11.3 Å². The first-order valence-corrected chi connectivity index (χ1v) is 9.10. The summed E-state index contributed by atoms with van der Waals surface area (Å²) in [4.78, 5) is 12.3. The van der Waals surface area contributed by atoms with Crippen molar-refractivity contribution >= 4 is 12.1 Å². The van der Waals surface area contributed by atoms with E-state index in [4.69, 9.17) is 9.47 Å². The predicted octanol–water partition coefficient (Wildman–Crippen LogP) is 3.34. The van der Waals surface area contributed by atoms with Gasteiger partial charge in [-0.1, -0.05) is 13.0 Å². The third-order valence-electron chi connectivity index (χ3n) is 4.07. The molecule has 0 aliphatic carbocycles. The van der Waals surface area contributed by atoms with Gasteiger partial charge in [-0.05, 0) is 48.9 Å². The van der Waals surface area contributed by atoms with Crippen molar-refractivity contribution in [2.24, 2.45) is 5.10 Å². The van der Waals surface area contributed by atoms with Crippen LogP contribution in [0, 0.1) is 0 Å². The van der Waals surface area contributed by atoms with Crippen LogP contribution in [0.15, 0.2) is 53.6 Å². The lowest BCUT2D eigenvalue weighted by atomic mass is 10.1. The number of phenols is 1. The summed E-state index contributed by atoms with van der Waals surface area (Å²) in [6.07, 6.45) is 2.28. The minimum Gasteiger partial charge on any atom is -0.504 e. The van der Waals surface area contributed by atoms with Crippen LogP contribution in [0.1, 0.15) is 29.4 Å². The molecular formula is C21H22N4O4. The van der Waals surface area contributed by atoms with Gasteiger partial charge in [0.05, 0.1) is 25.6 Å². The highest BCUT2D eigenvalue weighted by Gasteiger charge is 2.11. The number of methoxy groups -OCH3 is 1. The number of aromatic amines is 1. The van der Waals surface area contributed by atoms with Gasteiger partial charge < -0.3 is 14.6 Å². The molecule has 0 aliphatic rings. The van der Waals surface area contributed by atoms with E-state index in [2.05, 4.69) is 20.7 Å². The van der Waals surface area contributed by atoms with Gasteiger partial charge >= 0.3 is 0 Å². The van der Waals surface area contributed by atoms with Crippen molar-refractivity contribution in [3.8, 4) is 28.5 Å². The molecule has 1 heterocycles. The molecule has 0 saturated heterocycles. The molecule has 0 radical (unpaired) electrons. The number of nitrogens with one attached hydrogen (secondary N) is 2. The van der Waals surface area contributed by atoms with Gasteiger partial charge in [0.15, 0.2) is 11.5 Å². The Morgan fingerprint density at radius 2 is 2.07 bits per heavy atom. The number of H-pyrrole nitrogens is 1. The van der Waals surface area contributed by atoms with Crippen LogP contribution in [0.5, 0.6) is 17.2 Å². The average Bonchev–Trinajstić information content (AvgIpc) is 3.24. The number of carbonyl (C=O) groups excluding carboxylic acids is 1. The molecule has 0 saturated carbocycles. The minimum absolute atomic E-state index is 0.0526. The monoisotopic (exact) mass is 394 g/mol. The first kappa shape index (κ1) is 19.9. The average molecular weight is 394 g/mol. The number of carbonyl (C=O) groups is 1. The lowest BCUT2D eigenvalue weighted by Gasteiger charge is -2.04. The molecular weight excluding hydrogens is 372 g/mol. The van der Waals surface area contributed by atoms with Crippen LogP contribution in [0.2, 0.25) is 0 Å². The van der Waals surface area contributed by atoms with Gasteiger partial charge in [0, 0.05) is 11.1 Å². The van der Waals surface area contributed by atoms with Crippen molar-refractivity contribution in [1.29, 1.82) is 0 Å². The van der Waals surface area contributed by atoms with Crippen LogP contribution in [-0.2, 0) is 0 Å². The Kier molecular flexibility index (Phi) is 6.47. The largest absolute Gasteiger partial charge is 0.504 e. The van der Waals surface area contributed by atoms with Crippen molar-refractivity contribution in [2.45, 2.75) is 13.3 Å². The van der Waals surface area contributed by atoms with E-state index in [0.717, 1.165) is 17.7 Å². The number of hydrazone groups is 1. The van der Waals surface area contributed by atoms with Gasteiger partial charge in [-0.2, -0.15) is 10.2 Å². The van der Waals surface area contributed by atoms with E-state index in [-0.39, 0.29) is 11.4 Å². The molecule has 0 bridgehead atoms. The van der Waals surface area contributed by atoms with Crippen molar-refractivity contribution in [2.75, 3.05) is 13.7 Å². The summed E-state index contributed by atoms with van der Waals surface area (Å²) in [5.41, 5.74) is 4.56. The topological polar surface area (TPSA) is 109 Å². The molecule has 2 aromatic carbocycles. The molecule has 29 heavy (non-hydrogen) atoms. The number of benzene rings is 2. The van der Waals surface area contributed by atoms with E-state index < -0.39 is 5.91 Å². The fraction of sp³-hybridized carbons (Fsp3) is 0.190. The molecule has 3 aromatic rings. The first-order valence-electron chi connectivity index (χ1n) is 9.10. The number of nitrogens with zero attached hydrogens (tertiary/aromatic N) is 2. The maximum Gasteiger partial charge on any atom is 0.289 e. The number of phenolic OH excluding ortho intramolecular Hbond substituents is 1. The van der Waals surface area contributed by atoms with Crippen LogP contribution < -0.4 is 14.9 Å². The zero-order valence-electron chi connectivity index (χ0n) is 16.2. The molecule has 8 heteroatoms. The molecule has 150 valence electrons. The number of aromatic hydroxyl groups is 1. The van der Waals surface area contributed by atoms with E-state index in [0.29, 0.717) is 23.6 Å². The van der Waals surface area contributed by atoms with Crippen LogP contribution >= 0.6 is 0 Å². The molecule has 3 rings (SSSR count). The highest BCUT2D eigenvalue weighted by molar-refractivity contribution is 5.94. The van der Waals surface area contributed by atoms with E-state index in [9.17, 15) is 9.90 Å². The molecule has 0 unspecified atom stereocenters. The lowest BCUT2D eigenvalue weighted by Crippen LogP contribution is -2.18. The van der Waals surface area contributed by atoms with E-state index in [1.165, 1.54) is 13.3 Å². The second kappa shape index (κ2) is 9.41. The molecule has 1 amide bonds. The summed E-state index contributed by atoms with van der Waals surface area (Å²) in [6, 6.07) is 14.1. The number of amides is 1. The van der Waals surface area contributed by atoms with E-state index >= 15 is 0 Å². The lowest BCUT2D eigenvalue weighted by molar-refractivity contribution is 0.0950. The third kappa shape index (κ3) is 4.92. The Morgan fingerprint density at radius 3 is 2.79 bits per heavy atom. The standard InChI is InChI=1S/C21H22N4O4/c1-3-11-29-16-9-7-14(8-10-16)17-12-18(24-23-17)21(27)25-22-13-15-5-4-6-19(28-2)20(15)26/h4-10,12-13,26H,3,11H2,1-2H3,(H,23,24)(H,25,27)/b22-13+. The van der Waals surface area contributed by atoms with Crippen molar-refractivity contribution in [3.63, 3.8) is 0 Å². The molecule has 1 aromatic heterocycles. The number of hydrogen-bond donors (Lipinski definition) is 3. The second-order valence-electron chi connectivity index (χ2n) is 6.14. The van der Waals surface area contributed by atoms with Crippen molar-refractivity contribution in [3.05, 3.63) is 59.8 Å². The summed E-state index contributed by atoms with van der Waals surface area (Å²) < 4.78 is 10.6. The highest BCUT2D eigenvalue weighted by atomic mass is 16.5. The zero-order chi connectivity index (χ0) is 20.6. The number of ether oxygens (including phenoxy) is 2. The van der Waals surface area contributed by atoms with Crippen LogP contribution in [0.4, 0.5) is 0 Å². The zero-order valence-corrected chi connectivity index (χ0v) is 16.2. The fourth-order valence-corrected chi connectivity index (χ4v) is 2.56. The molecule has 3 N–H and O–H groups in total. The summed E-state index contributed by atoms with van der Waals surface area (Å²) in [5.74, 6) is 0.609. The third-order valence-corrected chi connectivity index (χ3v) is 4.07. The Bertz CT molecular complexity index is 996. The fourth-order valence-electron chi connectivity index (χ4n) is 2.56. The number of hydrogen-bond acceptors (Lipinski definition) is 6. The van der Waals surface area contributed by atoms with Gasteiger partial charge in [0.25, 0.3) is 5.91 Å². The summed E-state index contributed by atoms with van der Waals surface area (Å²) in [6.45, 7) is 2.72. The first-order chi connectivity index (χ1) is 14.1. The summed E-state index contributed by atoms with van der Waals surface area (Å²) >= 11 is 0. The van der Waals surface area contributed by atoms with Gasteiger partial charge in [0.1, 0.15) is 11.4 Å². The highest BCUT2D eigenvalue weighted by Crippen LogP contribution is 2.28. The second-order valence-corrected chi connectivity index (χ2v) is 6.14. The Balaban J connectivity index is 1.63. The molecule has 8 nitrogen and oxygen atoms in total. The van der Waals surface area contributed by atoms with Gasteiger partial charge in [-0.15, -0.1) is 0 Å². The maximum atomic E-state index is 12.3. The Hall–Kier alpha value is -3.81. The number of para-hydroxylation sites is 1. The summed E-state index contributed by atoms with van der Waals surface area (Å²) in [5, 5.41) is 20.7. The van der Waals surface area contributed by atoms with Crippen molar-refractivity contribution < 1.29 is 19.4 Å². The molecule has 0 aliphatic heterocycles. The minimum atomic E-state index is -0.453. The Morgan fingerprint density at radius 1 is 1.28 bits per heavy atom. The molecule has 0 atom stereocenters. The van der Waals surface area contributed by atoms with E-state index in [1.807, 2.05) is 31.2 Å². The van der Waals surface area contributed by atoms with Crippen LogP contribution in [-0.4, -0.2) is 41.1 Å². The molecule has 0 spiro atoms. The quantitative estimate of drug-likeness (QED) is 0.401.